The molecule has 1 unspecified atom stereocenters. The van der Waals surface area contributed by atoms with Gasteiger partial charge in [-0.1, -0.05) is 33.1 Å². The van der Waals surface area contributed by atoms with Crippen LogP contribution in [0.5, 0.6) is 0 Å². The van der Waals surface area contributed by atoms with Crippen molar-refractivity contribution in [3.63, 3.8) is 0 Å². The van der Waals surface area contributed by atoms with Gasteiger partial charge in [0.15, 0.2) is 0 Å². The second-order valence-electron chi connectivity index (χ2n) is 4.38. The Labute approximate surface area is 81.1 Å². The predicted molar refractivity (Wildman–Crippen MR) is 54.5 cm³/mol. The molecule has 0 bridgehead atoms. The Bertz CT molecular complexity index is 179. The van der Waals surface area contributed by atoms with Gasteiger partial charge in [-0.25, -0.2) is 0 Å². The molecule has 1 atom stereocenters. The lowest BCUT2D eigenvalue weighted by atomic mass is 9.80. The van der Waals surface area contributed by atoms with E-state index in [4.69, 9.17) is 0 Å². The Kier molecular flexibility index (Phi) is 3.76. The summed E-state index contributed by atoms with van der Waals surface area (Å²) in [5.74, 6) is 0.276. The number of nitrogens with one attached hydrogen (secondary N) is 1. The molecule has 1 aliphatic heterocycles. The fourth-order valence-corrected chi connectivity index (χ4v) is 1.97. The number of hydrogen-bond donors (Lipinski definition) is 1. The average molecular weight is 183 g/mol. The van der Waals surface area contributed by atoms with Crippen molar-refractivity contribution in [3.05, 3.63) is 0 Å². The number of carbonyl (C=O) groups is 1. The molecule has 1 heterocycles. The molecule has 76 valence electrons. The highest BCUT2D eigenvalue weighted by Gasteiger charge is 2.32. The maximum Gasteiger partial charge on any atom is 0.225 e. The van der Waals surface area contributed by atoms with Crippen LogP contribution in [0.1, 0.15) is 52.4 Å². The van der Waals surface area contributed by atoms with E-state index >= 15 is 0 Å². The lowest BCUT2D eigenvalue weighted by molar-refractivity contribution is -0.130. The molecule has 1 rings (SSSR count). The van der Waals surface area contributed by atoms with Gasteiger partial charge in [-0.2, -0.15) is 0 Å². The van der Waals surface area contributed by atoms with Crippen LogP contribution in [0.3, 0.4) is 0 Å². The van der Waals surface area contributed by atoms with Crippen LogP contribution >= 0.6 is 0 Å². The summed E-state index contributed by atoms with van der Waals surface area (Å²) in [6.45, 7) is 5.17. The molecular weight excluding hydrogens is 162 g/mol. The molecule has 1 aliphatic rings. The van der Waals surface area contributed by atoms with Gasteiger partial charge in [0.05, 0.1) is 0 Å². The molecule has 2 nitrogen and oxygen atoms in total. The highest BCUT2D eigenvalue weighted by Crippen LogP contribution is 2.32. The van der Waals surface area contributed by atoms with Crippen LogP contribution in [0.25, 0.3) is 0 Å². The van der Waals surface area contributed by atoms with Crippen LogP contribution in [-0.4, -0.2) is 12.5 Å². The van der Waals surface area contributed by atoms with E-state index in [1.54, 1.807) is 0 Å². The minimum Gasteiger partial charge on any atom is -0.356 e. The zero-order chi connectivity index (χ0) is 9.73. The Morgan fingerprint density at radius 2 is 2.23 bits per heavy atom. The molecule has 0 spiro atoms. The van der Waals surface area contributed by atoms with E-state index in [9.17, 15) is 4.79 Å². The fourth-order valence-electron chi connectivity index (χ4n) is 1.97. The minimum atomic E-state index is -0.0769. The maximum atomic E-state index is 11.7. The third-order valence-electron chi connectivity index (χ3n) is 3.07. The van der Waals surface area contributed by atoms with Crippen LogP contribution < -0.4 is 5.32 Å². The van der Waals surface area contributed by atoms with Gasteiger partial charge in [0.2, 0.25) is 5.91 Å². The molecule has 1 amide bonds. The van der Waals surface area contributed by atoms with Crippen molar-refractivity contribution in [2.75, 3.05) is 6.54 Å². The monoisotopic (exact) mass is 183 g/mol. The highest BCUT2D eigenvalue weighted by atomic mass is 16.2. The summed E-state index contributed by atoms with van der Waals surface area (Å²) in [6, 6.07) is 0. The molecule has 1 N–H and O–H groups in total. The second kappa shape index (κ2) is 4.64. The lowest BCUT2D eigenvalue weighted by Gasteiger charge is -2.25. The Hall–Kier alpha value is -0.530. The second-order valence-corrected chi connectivity index (χ2v) is 4.38. The lowest BCUT2D eigenvalue weighted by Crippen LogP contribution is -2.37. The summed E-state index contributed by atoms with van der Waals surface area (Å²) < 4.78 is 0. The van der Waals surface area contributed by atoms with Crippen LogP contribution in [0.2, 0.25) is 0 Å². The largest absolute Gasteiger partial charge is 0.356 e. The molecule has 13 heavy (non-hydrogen) atoms. The van der Waals surface area contributed by atoms with Crippen molar-refractivity contribution in [2.24, 2.45) is 5.41 Å². The molecule has 0 aliphatic carbocycles. The van der Waals surface area contributed by atoms with Crippen LogP contribution in [0, 0.1) is 5.41 Å². The van der Waals surface area contributed by atoms with Gasteiger partial charge in [0.25, 0.3) is 0 Å². The van der Waals surface area contributed by atoms with Gasteiger partial charge in [0, 0.05) is 12.0 Å². The first kappa shape index (κ1) is 10.6. The topological polar surface area (TPSA) is 29.1 Å². The Balaban J connectivity index is 2.54. The van der Waals surface area contributed by atoms with E-state index in [0.717, 1.165) is 25.8 Å². The molecule has 2 heteroatoms. The Morgan fingerprint density at radius 1 is 1.46 bits per heavy atom. The molecule has 0 saturated carbocycles. The minimum absolute atomic E-state index is 0.0769. The number of amides is 1. The predicted octanol–water partition coefficient (Wildman–Crippen LogP) is 2.48. The van der Waals surface area contributed by atoms with E-state index in [1.807, 2.05) is 0 Å². The normalized spacial score (nSPS) is 29.5. The van der Waals surface area contributed by atoms with Gasteiger partial charge in [-0.15, -0.1) is 0 Å². The molecule has 1 fully saturated rings. The molecular formula is C11H21NO. The van der Waals surface area contributed by atoms with Crippen LogP contribution in [0.15, 0.2) is 0 Å². The van der Waals surface area contributed by atoms with E-state index in [0.29, 0.717) is 0 Å². The number of unbranched alkanes of at least 4 members (excludes halogenated alkanes) is 1. The van der Waals surface area contributed by atoms with Crippen LogP contribution in [-0.2, 0) is 4.79 Å². The smallest absolute Gasteiger partial charge is 0.225 e. The molecule has 0 aromatic carbocycles. The van der Waals surface area contributed by atoms with Gasteiger partial charge in [-0.3, -0.25) is 4.79 Å². The number of hydrogen-bond acceptors (Lipinski definition) is 1. The molecule has 0 aromatic heterocycles. The van der Waals surface area contributed by atoms with E-state index in [1.165, 1.54) is 19.3 Å². The SMILES string of the molecule is CCCCC1(C)CCCCNC1=O. The highest BCUT2D eigenvalue weighted by molar-refractivity contribution is 5.82. The first-order valence-corrected chi connectivity index (χ1v) is 5.47. The zero-order valence-corrected chi connectivity index (χ0v) is 8.86. The number of carbonyl (C=O) groups excluding carboxylic acids is 1. The summed E-state index contributed by atoms with van der Waals surface area (Å²) in [5, 5.41) is 3.01. The van der Waals surface area contributed by atoms with Crippen molar-refractivity contribution in [2.45, 2.75) is 52.4 Å². The van der Waals surface area contributed by atoms with Gasteiger partial charge in [-0.05, 0) is 19.3 Å². The summed E-state index contributed by atoms with van der Waals surface area (Å²) in [4.78, 5) is 11.7. The maximum absolute atomic E-state index is 11.7. The molecule has 1 saturated heterocycles. The number of rotatable bonds is 3. The van der Waals surface area contributed by atoms with E-state index in [-0.39, 0.29) is 11.3 Å². The van der Waals surface area contributed by atoms with Crippen molar-refractivity contribution in [1.29, 1.82) is 0 Å². The van der Waals surface area contributed by atoms with Gasteiger partial charge in [0.1, 0.15) is 0 Å². The Morgan fingerprint density at radius 3 is 2.92 bits per heavy atom. The quantitative estimate of drug-likeness (QED) is 0.715. The average Bonchev–Trinajstić information content (AvgIpc) is 2.28. The summed E-state index contributed by atoms with van der Waals surface area (Å²) in [5.41, 5.74) is -0.0769. The summed E-state index contributed by atoms with van der Waals surface area (Å²) >= 11 is 0. The summed E-state index contributed by atoms with van der Waals surface area (Å²) in [6.07, 6.45) is 6.81. The van der Waals surface area contributed by atoms with Gasteiger partial charge < -0.3 is 5.32 Å². The third-order valence-corrected chi connectivity index (χ3v) is 3.07. The first-order valence-electron chi connectivity index (χ1n) is 5.47. The summed E-state index contributed by atoms with van der Waals surface area (Å²) in [7, 11) is 0. The molecule has 0 radical (unpaired) electrons. The first-order chi connectivity index (χ1) is 6.19. The van der Waals surface area contributed by atoms with E-state index < -0.39 is 0 Å². The fraction of sp³-hybridized carbons (Fsp3) is 0.909. The van der Waals surface area contributed by atoms with Gasteiger partial charge >= 0.3 is 0 Å². The molecule has 0 aromatic rings. The van der Waals surface area contributed by atoms with Crippen molar-refractivity contribution < 1.29 is 4.79 Å². The van der Waals surface area contributed by atoms with Crippen molar-refractivity contribution in [3.8, 4) is 0 Å². The standard InChI is InChI=1S/C11H21NO/c1-3-4-7-11(2)8-5-6-9-12-10(11)13/h3-9H2,1-2H3,(H,12,13). The zero-order valence-electron chi connectivity index (χ0n) is 8.86. The van der Waals surface area contributed by atoms with Crippen molar-refractivity contribution >= 4 is 5.91 Å². The van der Waals surface area contributed by atoms with Crippen molar-refractivity contribution in [1.82, 2.24) is 5.32 Å². The van der Waals surface area contributed by atoms with E-state index in [2.05, 4.69) is 19.2 Å². The third kappa shape index (κ3) is 2.71. The van der Waals surface area contributed by atoms with Crippen LogP contribution in [0.4, 0.5) is 0 Å².